The van der Waals surface area contributed by atoms with Gasteiger partial charge in [-0.3, -0.25) is 4.79 Å². The summed E-state index contributed by atoms with van der Waals surface area (Å²) >= 11 is 1.40. The van der Waals surface area contributed by atoms with Crippen molar-refractivity contribution in [3.63, 3.8) is 0 Å². The van der Waals surface area contributed by atoms with Crippen molar-refractivity contribution in [1.29, 1.82) is 0 Å². The monoisotopic (exact) mass is 439 g/mol. The average Bonchev–Trinajstić information content (AvgIpc) is 3.21. The van der Waals surface area contributed by atoms with Crippen LogP contribution in [-0.4, -0.2) is 39.7 Å². The minimum Gasteiger partial charge on any atom is -0.497 e. The normalized spacial score (nSPS) is 17.4. The van der Waals surface area contributed by atoms with Crippen LogP contribution in [0, 0.1) is 0 Å². The van der Waals surface area contributed by atoms with Crippen LogP contribution < -0.4 is 20.2 Å². The highest BCUT2D eigenvalue weighted by Gasteiger charge is 2.37. The zero-order chi connectivity index (χ0) is 21.8. The first-order valence-corrected chi connectivity index (χ1v) is 11.1. The Kier molecular flexibility index (Phi) is 6.31. The molecule has 0 saturated carbocycles. The minimum absolute atomic E-state index is 0.128. The molecule has 9 heteroatoms. The lowest BCUT2D eigenvalue weighted by molar-refractivity contribution is -0.116. The van der Waals surface area contributed by atoms with E-state index in [2.05, 4.69) is 20.9 Å². The molecule has 0 bridgehead atoms. The molecule has 31 heavy (non-hydrogen) atoms. The topological polar surface area (TPSA) is 90.3 Å². The number of aromatic nitrogens is 3. The molecule has 1 aliphatic rings. The summed E-state index contributed by atoms with van der Waals surface area (Å²) in [6, 6.07) is 14.8. The number of aryl methyl sites for hydroxylation is 1. The zero-order valence-electron chi connectivity index (χ0n) is 17.7. The van der Waals surface area contributed by atoms with Gasteiger partial charge >= 0.3 is 0 Å². The number of nitrogens with zero attached hydrogens (tertiary/aromatic N) is 3. The number of amides is 1. The van der Waals surface area contributed by atoms with Crippen LogP contribution in [0.5, 0.6) is 11.5 Å². The van der Waals surface area contributed by atoms with E-state index in [1.807, 2.05) is 61.0 Å². The number of fused-ring (bicyclic) bond motifs is 1. The molecule has 2 N–H and O–H groups in total. The van der Waals surface area contributed by atoms with Crippen molar-refractivity contribution < 1.29 is 14.3 Å². The van der Waals surface area contributed by atoms with Crippen molar-refractivity contribution in [1.82, 2.24) is 14.9 Å². The standard InChI is InChI=1S/C22H25N5O3S/c1-4-18-24-25-22-27(18)26-19(14-9-11-16(12-10-14)30-5-2)20(31-22)21(28)23-15-7-6-8-17(13-15)29-3/h6-13,19-20,26H,4-5H2,1-3H3,(H,23,28)/t19-,20-/m0/s1. The molecule has 1 aromatic heterocycles. The second-order valence-corrected chi connectivity index (χ2v) is 8.06. The fourth-order valence-corrected chi connectivity index (χ4v) is 4.53. The second-order valence-electron chi connectivity index (χ2n) is 6.96. The fourth-order valence-electron chi connectivity index (χ4n) is 3.43. The van der Waals surface area contributed by atoms with Gasteiger partial charge in [-0.05, 0) is 36.8 Å². The van der Waals surface area contributed by atoms with Gasteiger partial charge in [0.1, 0.15) is 16.7 Å². The third kappa shape index (κ3) is 4.46. The lowest BCUT2D eigenvalue weighted by atomic mass is 10.0. The van der Waals surface area contributed by atoms with Crippen LogP contribution in [0.25, 0.3) is 0 Å². The summed E-state index contributed by atoms with van der Waals surface area (Å²) in [5.41, 5.74) is 5.10. The molecule has 2 atom stereocenters. The Hall–Kier alpha value is -3.20. The lowest BCUT2D eigenvalue weighted by Crippen LogP contribution is -2.41. The minimum atomic E-state index is -0.453. The quantitative estimate of drug-likeness (QED) is 0.581. The van der Waals surface area contributed by atoms with Crippen LogP contribution in [-0.2, 0) is 11.2 Å². The fraction of sp³-hybridized carbons (Fsp3) is 0.318. The molecule has 0 aliphatic carbocycles. The van der Waals surface area contributed by atoms with E-state index in [0.29, 0.717) is 23.2 Å². The van der Waals surface area contributed by atoms with Gasteiger partial charge in [-0.15, -0.1) is 10.2 Å². The van der Waals surface area contributed by atoms with Crippen LogP contribution in [0.15, 0.2) is 53.7 Å². The number of ether oxygens (including phenoxy) is 2. The number of benzene rings is 2. The van der Waals surface area contributed by atoms with Crippen molar-refractivity contribution in [3.05, 3.63) is 59.9 Å². The van der Waals surface area contributed by atoms with Gasteiger partial charge in [-0.1, -0.05) is 36.9 Å². The second kappa shape index (κ2) is 9.30. The van der Waals surface area contributed by atoms with E-state index >= 15 is 0 Å². The number of thioether (sulfide) groups is 1. The number of carbonyl (C=O) groups is 1. The number of methoxy groups -OCH3 is 1. The average molecular weight is 440 g/mol. The number of hydrogen-bond acceptors (Lipinski definition) is 7. The molecule has 3 aromatic rings. The number of nitrogens with one attached hydrogen (secondary N) is 2. The number of rotatable bonds is 7. The largest absolute Gasteiger partial charge is 0.497 e. The van der Waals surface area contributed by atoms with Crippen molar-refractivity contribution in [2.75, 3.05) is 24.5 Å². The molecule has 0 saturated heterocycles. The predicted octanol–water partition coefficient (Wildman–Crippen LogP) is 3.65. The predicted molar refractivity (Wildman–Crippen MR) is 120 cm³/mol. The Labute approximate surface area is 185 Å². The highest BCUT2D eigenvalue weighted by molar-refractivity contribution is 8.00. The first-order chi connectivity index (χ1) is 15.1. The van der Waals surface area contributed by atoms with Crippen LogP contribution in [0.4, 0.5) is 5.69 Å². The van der Waals surface area contributed by atoms with Crippen molar-refractivity contribution in [2.24, 2.45) is 0 Å². The van der Waals surface area contributed by atoms with Gasteiger partial charge in [0.05, 0.1) is 19.8 Å². The maximum Gasteiger partial charge on any atom is 0.240 e. The van der Waals surface area contributed by atoms with Crippen molar-refractivity contribution >= 4 is 23.4 Å². The van der Waals surface area contributed by atoms with Crippen LogP contribution in [0.1, 0.15) is 31.3 Å². The van der Waals surface area contributed by atoms with Gasteiger partial charge in [-0.2, -0.15) is 0 Å². The molecule has 1 aliphatic heterocycles. The molecule has 0 spiro atoms. The van der Waals surface area contributed by atoms with Crippen LogP contribution >= 0.6 is 11.8 Å². The molecule has 8 nitrogen and oxygen atoms in total. The molecule has 2 aromatic carbocycles. The molecule has 4 rings (SSSR count). The van der Waals surface area contributed by atoms with Gasteiger partial charge in [0.25, 0.3) is 0 Å². The van der Waals surface area contributed by atoms with Crippen molar-refractivity contribution in [3.8, 4) is 11.5 Å². The molecule has 1 amide bonds. The number of anilines is 1. The van der Waals surface area contributed by atoms with Crippen LogP contribution in [0.3, 0.4) is 0 Å². The van der Waals surface area contributed by atoms with E-state index in [1.165, 1.54) is 11.8 Å². The molecule has 162 valence electrons. The number of carbonyl (C=O) groups excluding carboxylic acids is 1. The SMILES string of the molecule is CCOc1ccc([C@@H]2Nn3c(CC)nnc3S[C@@H]2C(=O)Nc2cccc(OC)c2)cc1. The summed E-state index contributed by atoms with van der Waals surface area (Å²) < 4.78 is 12.7. The maximum atomic E-state index is 13.3. The summed E-state index contributed by atoms with van der Waals surface area (Å²) in [6.07, 6.45) is 0.733. The van der Waals surface area contributed by atoms with Gasteiger partial charge < -0.3 is 20.2 Å². The molecule has 0 radical (unpaired) electrons. The first-order valence-electron chi connectivity index (χ1n) is 10.2. The van der Waals surface area contributed by atoms with Gasteiger partial charge in [0, 0.05) is 18.2 Å². The van der Waals surface area contributed by atoms with Crippen LogP contribution in [0.2, 0.25) is 0 Å². The summed E-state index contributed by atoms with van der Waals surface area (Å²) in [4.78, 5) is 13.3. The Balaban J connectivity index is 1.64. The lowest BCUT2D eigenvalue weighted by Gasteiger charge is -2.33. The highest BCUT2D eigenvalue weighted by atomic mass is 32.2. The Bertz CT molecular complexity index is 1050. The molecule has 2 heterocycles. The van der Waals surface area contributed by atoms with E-state index in [9.17, 15) is 4.79 Å². The Morgan fingerprint density at radius 2 is 1.97 bits per heavy atom. The molecular formula is C22H25N5O3S. The summed E-state index contributed by atoms with van der Waals surface area (Å²) in [5, 5.41) is 11.7. The highest BCUT2D eigenvalue weighted by Crippen LogP contribution is 2.38. The smallest absolute Gasteiger partial charge is 0.240 e. The number of hydrogen-bond donors (Lipinski definition) is 2. The Morgan fingerprint density at radius 3 is 2.68 bits per heavy atom. The maximum absolute atomic E-state index is 13.3. The Morgan fingerprint density at radius 1 is 1.16 bits per heavy atom. The summed E-state index contributed by atoms with van der Waals surface area (Å²) in [5.74, 6) is 2.18. The van der Waals surface area contributed by atoms with Gasteiger partial charge in [-0.25, -0.2) is 4.68 Å². The summed E-state index contributed by atoms with van der Waals surface area (Å²) in [7, 11) is 1.60. The first kappa shape index (κ1) is 21.0. The third-order valence-electron chi connectivity index (χ3n) is 4.97. The van der Waals surface area contributed by atoms with E-state index in [-0.39, 0.29) is 11.9 Å². The van der Waals surface area contributed by atoms with Gasteiger partial charge in [0.15, 0.2) is 5.82 Å². The molecule has 0 fully saturated rings. The molecule has 0 unspecified atom stereocenters. The van der Waals surface area contributed by atoms with E-state index in [0.717, 1.165) is 23.6 Å². The van der Waals surface area contributed by atoms with E-state index in [4.69, 9.17) is 9.47 Å². The van der Waals surface area contributed by atoms with Crippen molar-refractivity contribution in [2.45, 2.75) is 36.7 Å². The van der Waals surface area contributed by atoms with E-state index in [1.54, 1.807) is 13.2 Å². The van der Waals surface area contributed by atoms with E-state index < -0.39 is 5.25 Å². The molecular weight excluding hydrogens is 414 g/mol. The van der Waals surface area contributed by atoms with Gasteiger partial charge in [0.2, 0.25) is 11.1 Å². The summed E-state index contributed by atoms with van der Waals surface area (Å²) in [6.45, 7) is 4.58. The third-order valence-corrected chi connectivity index (χ3v) is 6.18. The zero-order valence-corrected chi connectivity index (χ0v) is 18.5.